The van der Waals surface area contributed by atoms with Crippen molar-refractivity contribution in [2.75, 3.05) is 7.11 Å². The minimum atomic E-state index is 0.468. The highest BCUT2D eigenvalue weighted by Gasteiger charge is 2.20. The number of aryl methyl sites for hydroxylation is 1. The third-order valence-corrected chi connectivity index (χ3v) is 6.01. The van der Waals surface area contributed by atoms with Gasteiger partial charge >= 0.3 is 0 Å². The van der Waals surface area contributed by atoms with Crippen LogP contribution in [0, 0.1) is 6.92 Å². The van der Waals surface area contributed by atoms with Gasteiger partial charge in [-0.05, 0) is 31.2 Å². The Hall–Kier alpha value is -3.91. The lowest BCUT2D eigenvalue weighted by atomic mass is 10.1. The maximum Gasteiger partial charge on any atom is 0.237 e. The predicted molar refractivity (Wildman–Crippen MR) is 127 cm³/mol. The zero-order chi connectivity index (χ0) is 22.6. The number of methoxy groups -OCH3 is 1. The number of nitrogens with zero attached hydrogens (tertiary/aromatic N) is 5. The second-order valence-corrected chi connectivity index (χ2v) is 8.29. The van der Waals surface area contributed by atoms with E-state index >= 15 is 0 Å². The van der Waals surface area contributed by atoms with E-state index in [0.717, 1.165) is 27.7 Å². The van der Waals surface area contributed by atoms with Crippen LogP contribution >= 0.6 is 11.8 Å². The van der Waals surface area contributed by atoms with Gasteiger partial charge in [-0.25, -0.2) is 0 Å². The van der Waals surface area contributed by atoms with E-state index in [1.807, 2.05) is 59.2 Å². The molecule has 5 aromatic rings. The SMILES string of the molecule is COc1ccccc1-c1nnc(SCc2nc(-c3ccccc3)no2)n1-c1ccc(C)cc1. The molecule has 0 N–H and O–H groups in total. The van der Waals surface area contributed by atoms with Crippen LogP contribution in [0.3, 0.4) is 0 Å². The molecule has 0 saturated carbocycles. The molecule has 8 heteroatoms. The van der Waals surface area contributed by atoms with Crippen molar-refractivity contribution < 1.29 is 9.26 Å². The Bertz CT molecular complexity index is 1360. The van der Waals surface area contributed by atoms with Gasteiger partial charge in [0.1, 0.15) is 5.75 Å². The smallest absolute Gasteiger partial charge is 0.237 e. The number of thioether (sulfide) groups is 1. The molecule has 0 unspecified atom stereocenters. The molecule has 2 heterocycles. The van der Waals surface area contributed by atoms with Crippen molar-refractivity contribution >= 4 is 11.8 Å². The summed E-state index contributed by atoms with van der Waals surface area (Å²) in [6.45, 7) is 2.06. The molecule has 0 saturated heterocycles. The largest absolute Gasteiger partial charge is 0.496 e. The average Bonchev–Trinajstić information content (AvgIpc) is 3.51. The zero-order valence-electron chi connectivity index (χ0n) is 18.2. The van der Waals surface area contributed by atoms with Crippen LogP contribution in [0.1, 0.15) is 11.5 Å². The Morgan fingerprint density at radius 3 is 2.45 bits per heavy atom. The van der Waals surface area contributed by atoms with Crippen LogP contribution in [0.4, 0.5) is 0 Å². The van der Waals surface area contributed by atoms with Gasteiger partial charge in [-0.3, -0.25) is 4.57 Å². The van der Waals surface area contributed by atoms with Crippen LogP contribution in [0.15, 0.2) is 88.5 Å². The highest BCUT2D eigenvalue weighted by Crippen LogP contribution is 2.34. The standard InChI is InChI=1S/C25H21N5O2S/c1-17-12-14-19(15-13-17)30-24(20-10-6-7-11-21(20)31-2)27-28-25(30)33-16-22-26-23(29-32-22)18-8-4-3-5-9-18/h3-15H,16H2,1-2H3. The van der Waals surface area contributed by atoms with E-state index in [4.69, 9.17) is 9.26 Å². The number of rotatable bonds is 7. The third kappa shape index (κ3) is 4.38. The summed E-state index contributed by atoms with van der Waals surface area (Å²) in [4.78, 5) is 4.53. The molecule has 5 rings (SSSR count). The van der Waals surface area contributed by atoms with Crippen LogP contribution in [0.2, 0.25) is 0 Å². The molecule has 0 atom stereocenters. The van der Waals surface area contributed by atoms with Crippen molar-refractivity contribution in [3.8, 4) is 34.2 Å². The molecule has 0 bridgehead atoms. The van der Waals surface area contributed by atoms with Crippen LogP contribution in [-0.2, 0) is 5.75 Å². The minimum absolute atomic E-state index is 0.468. The first-order valence-electron chi connectivity index (χ1n) is 10.4. The number of benzene rings is 3. The van der Waals surface area contributed by atoms with Gasteiger partial charge in [-0.15, -0.1) is 10.2 Å². The number of aromatic nitrogens is 5. The summed E-state index contributed by atoms with van der Waals surface area (Å²) in [6.07, 6.45) is 0. The van der Waals surface area contributed by atoms with Gasteiger partial charge in [0.15, 0.2) is 11.0 Å². The van der Waals surface area contributed by atoms with E-state index in [9.17, 15) is 0 Å². The maximum absolute atomic E-state index is 5.57. The Labute approximate surface area is 195 Å². The Morgan fingerprint density at radius 2 is 1.67 bits per heavy atom. The first kappa shape index (κ1) is 21.0. The van der Waals surface area contributed by atoms with Crippen LogP contribution in [0.5, 0.6) is 5.75 Å². The van der Waals surface area contributed by atoms with Gasteiger partial charge in [0.25, 0.3) is 0 Å². The van der Waals surface area contributed by atoms with Gasteiger partial charge in [-0.2, -0.15) is 4.98 Å². The van der Waals surface area contributed by atoms with E-state index in [2.05, 4.69) is 51.5 Å². The molecule has 0 radical (unpaired) electrons. The molecule has 0 amide bonds. The maximum atomic E-state index is 5.57. The van der Waals surface area contributed by atoms with Crippen molar-refractivity contribution in [3.63, 3.8) is 0 Å². The molecule has 164 valence electrons. The molecular weight excluding hydrogens is 434 g/mol. The topological polar surface area (TPSA) is 78.9 Å². The molecule has 33 heavy (non-hydrogen) atoms. The molecule has 0 fully saturated rings. The quantitative estimate of drug-likeness (QED) is 0.296. The van der Waals surface area contributed by atoms with Crippen molar-refractivity contribution in [1.82, 2.24) is 24.9 Å². The summed E-state index contributed by atoms with van der Waals surface area (Å²) in [5.41, 5.74) is 3.92. The summed E-state index contributed by atoms with van der Waals surface area (Å²) in [5, 5.41) is 13.8. The summed E-state index contributed by atoms with van der Waals surface area (Å²) >= 11 is 1.49. The second-order valence-electron chi connectivity index (χ2n) is 7.34. The number of ether oxygens (including phenoxy) is 1. The van der Waals surface area contributed by atoms with Crippen LogP contribution in [-0.4, -0.2) is 32.0 Å². The van der Waals surface area contributed by atoms with Crippen LogP contribution in [0.25, 0.3) is 28.5 Å². The monoisotopic (exact) mass is 455 g/mol. The lowest BCUT2D eigenvalue weighted by molar-refractivity contribution is 0.391. The van der Waals surface area contributed by atoms with Gasteiger partial charge in [0.2, 0.25) is 11.7 Å². The lowest BCUT2D eigenvalue weighted by Gasteiger charge is -2.12. The van der Waals surface area contributed by atoms with Gasteiger partial charge in [0, 0.05) is 11.3 Å². The molecule has 0 aliphatic carbocycles. The Kier molecular flexibility index (Phi) is 5.91. The summed E-state index contributed by atoms with van der Waals surface area (Å²) in [7, 11) is 1.65. The molecule has 0 aliphatic heterocycles. The Balaban J connectivity index is 1.48. The summed E-state index contributed by atoms with van der Waals surface area (Å²) in [6, 6.07) is 25.8. The molecule has 3 aromatic carbocycles. The van der Waals surface area contributed by atoms with Crippen molar-refractivity contribution in [2.45, 2.75) is 17.8 Å². The van der Waals surface area contributed by atoms with Crippen molar-refractivity contribution in [2.24, 2.45) is 0 Å². The summed E-state index contributed by atoms with van der Waals surface area (Å²) in [5.74, 6) is 3.00. The fourth-order valence-corrected chi connectivity index (χ4v) is 4.23. The highest BCUT2D eigenvalue weighted by atomic mass is 32.2. The molecule has 0 aliphatic rings. The molecule has 2 aromatic heterocycles. The molecule has 7 nitrogen and oxygen atoms in total. The number of hydrogen-bond donors (Lipinski definition) is 0. The highest BCUT2D eigenvalue weighted by molar-refractivity contribution is 7.98. The van der Waals surface area contributed by atoms with E-state index in [-0.39, 0.29) is 0 Å². The lowest BCUT2D eigenvalue weighted by Crippen LogP contribution is -2.01. The second kappa shape index (κ2) is 9.30. The fourth-order valence-electron chi connectivity index (χ4n) is 3.44. The van der Waals surface area contributed by atoms with Gasteiger partial charge < -0.3 is 9.26 Å². The third-order valence-electron chi connectivity index (χ3n) is 5.10. The average molecular weight is 456 g/mol. The Morgan fingerprint density at radius 1 is 0.909 bits per heavy atom. The van der Waals surface area contributed by atoms with Gasteiger partial charge in [0.05, 0.1) is 18.4 Å². The van der Waals surface area contributed by atoms with E-state index in [0.29, 0.717) is 23.3 Å². The van der Waals surface area contributed by atoms with Crippen molar-refractivity contribution in [3.05, 3.63) is 90.3 Å². The minimum Gasteiger partial charge on any atom is -0.496 e. The van der Waals surface area contributed by atoms with Crippen LogP contribution < -0.4 is 4.74 Å². The fraction of sp³-hybridized carbons (Fsp3) is 0.120. The predicted octanol–water partition coefficient (Wildman–Crippen LogP) is 5.59. The summed E-state index contributed by atoms with van der Waals surface area (Å²) < 4.78 is 13.1. The normalized spacial score (nSPS) is 11.0. The van der Waals surface area contributed by atoms with Crippen molar-refractivity contribution in [1.29, 1.82) is 0 Å². The van der Waals surface area contributed by atoms with E-state index in [1.54, 1.807) is 7.11 Å². The first-order chi connectivity index (χ1) is 16.2. The van der Waals surface area contributed by atoms with E-state index < -0.39 is 0 Å². The van der Waals surface area contributed by atoms with Gasteiger partial charge in [-0.1, -0.05) is 77.1 Å². The number of para-hydroxylation sites is 1. The first-order valence-corrected chi connectivity index (χ1v) is 11.4. The molecular formula is C25H21N5O2S. The van der Waals surface area contributed by atoms with E-state index in [1.165, 1.54) is 17.3 Å². The number of hydrogen-bond acceptors (Lipinski definition) is 7. The zero-order valence-corrected chi connectivity index (χ0v) is 19.0. The molecule has 0 spiro atoms.